The normalized spacial score (nSPS) is 17.9. The van der Waals surface area contributed by atoms with Crippen LogP contribution in [0.2, 0.25) is 0 Å². The summed E-state index contributed by atoms with van der Waals surface area (Å²) in [7, 11) is 1.59. The zero-order chi connectivity index (χ0) is 31.6. The molecule has 12 heteroatoms. The average molecular weight is 626 g/mol. The zero-order valence-corrected chi connectivity index (χ0v) is 27.2. The summed E-state index contributed by atoms with van der Waals surface area (Å²) in [5.41, 5.74) is -1.07. The van der Waals surface area contributed by atoms with Gasteiger partial charge in [0.15, 0.2) is 0 Å². The molecule has 2 aliphatic rings. The highest BCUT2D eigenvalue weighted by Gasteiger charge is 2.39. The molecule has 1 atom stereocenters. The fourth-order valence-corrected chi connectivity index (χ4v) is 7.47. The number of piperidine rings is 1. The molecule has 0 radical (unpaired) electrons. The molecular weight excluding hydrogens is 582 g/mol. The van der Waals surface area contributed by atoms with Gasteiger partial charge in [-0.25, -0.2) is 14.0 Å². The molecule has 44 heavy (non-hydrogen) atoms. The SMILES string of the molecule is C=C/C(=C(\C)OC)[C@H](Cn1c(=O)n(C(C)(C)C(=O)N2CCCCC2)c(=O)c2c(C)c(-n3cccn3)sc21)OC1CCOCC1. The van der Waals surface area contributed by atoms with E-state index in [0.717, 1.165) is 41.7 Å². The third-order valence-electron chi connectivity index (χ3n) is 8.78. The van der Waals surface area contributed by atoms with Crippen LogP contribution in [0.3, 0.4) is 0 Å². The largest absolute Gasteiger partial charge is 0.501 e. The number of carbonyl (C=O) groups excluding carboxylic acids is 1. The lowest BCUT2D eigenvalue weighted by atomic mass is 10.00. The van der Waals surface area contributed by atoms with Gasteiger partial charge in [0.1, 0.15) is 21.5 Å². The topological polar surface area (TPSA) is 110 Å². The fourth-order valence-electron chi connectivity index (χ4n) is 6.22. The van der Waals surface area contributed by atoms with E-state index in [1.807, 2.05) is 19.9 Å². The average Bonchev–Trinajstić information content (AvgIpc) is 3.68. The van der Waals surface area contributed by atoms with Crippen LogP contribution in [-0.2, 0) is 31.1 Å². The van der Waals surface area contributed by atoms with Gasteiger partial charge in [-0.2, -0.15) is 5.10 Å². The van der Waals surface area contributed by atoms with Crippen LogP contribution in [0.15, 0.2) is 52.0 Å². The van der Waals surface area contributed by atoms with E-state index in [-0.39, 0.29) is 18.6 Å². The number of ether oxygens (including phenoxy) is 3. The number of fused-ring (bicyclic) bond motifs is 1. The molecular formula is C32H43N5O6S. The number of methoxy groups -OCH3 is 1. The first-order chi connectivity index (χ1) is 21.1. The van der Waals surface area contributed by atoms with E-state index in [1.54, 1.807) is 53.6 Å². The van der Waals surface area contributed by atoms with Gasteiger partial charge >= 0.3 is 5.69 Å². The maximum absolute atomic E-state index is 14.6. The third kappa shape index (κ3) is 5.94. The van der Waals surface area contributed by atoms with E-state index in [2.05, 4.69) is 11.7 Å². The molecule has 0 N–H and O–H groups in total. The lowest BCUT2D eigenvalue weighted by molar-refractivity contribution is -0.140. The van der Waals surface area contributed by atoms with Gasteiger partial charge in [-0.05, 0) is 65.9 Å². The Morgan fingerprint density at radius 2 is 1.93 bits per heavy atom. The third-order valence-corrected chi connectivity index (χ3v) is 10.1. The fraction of sp³-hybridized carbons (Fsp3) is 0.562. The molecule has 11 nitrogen and oxygen atoms in total. The maximum Gasteiger partial charge on any atom is 0.333 e. The summed E-state index contributed by atoms with van der Waals surface area (Å²) < 4.78 is 22.2. The molecule has 0 saturated carbocycles. The van der Waals surface area contributed by atoms with Gasteiger partial charge in [0.25, 0.3) is 5.56 Å². The molecule has 2 fully saturated rings. The van der Waals surface area contributed by atoms with E-state index >= 15 is 0 Å². The highest BCUT2D eigenvalue weighted by molar-refractivity contribution is 7.21. The number of likely N-dealkylation sites (tertiary alicyclic amines) is 1. The van der Waals surface area contributed by atoms with Crippen LogP contribution >= 0.6 is 11.3 Å². The van der Waals surface area contributed by atoms with Crippen LogP contribution < -0.4 is 11.2 Å². The second-order valence-electron chi connectivity index (χ2n) is 12.0. The van der Waals surface area contributed by atoms with Gasteiger partial charge in [0.05, 0.1) is 30.9 Å². The Kier molecular flexibility index (Phi) is 9.62. The molecule has 2 aliphatic heterocycles. The van der Waals surface area contributed by atoms with Gasteiger partial charge < -0.3 is 19.1 Å². The van der Waals surface area contributed by atoms with Crippen molar-refractivity contribution in [1.82, 2.24) is 23.8 Å². The molecule has 1 amide bonds. The van der Waals surface area contributed by atoms with Crippen molar-refractivity contribution in [2.24, 2.45) is 0 Å². The van der Waals surface area contributed by atoms with Crippen molar-refractivity contribution in [1.29, 1.82) is 0 Å². The van der Waals surface area contributed by atoms with Crippen molar-refractivity contribution in [2.75, 3.05) is 33.4 Å². The second kappa shape index (κ2) is 13.3. The first-order valence-corrected chi connectivity index (χ1v) is 16.1. The molecule has 2 saturated heterocycles. The van der Waals surface area contributed by atoms with Gasteiger partial charge in [0, 0.05) is 49.8 Å². The number of hydrogen-bond acceptors (Lipinski definition) is 8. The van der Waals surface area contributed by atoms with Crippen LogP contribution in [0.1, 0.15) is 58.4 Å². The minimum atomic E-state index is -1.42. The number of nitrogens with zero attached hydrogens (tertiary/aromatic N) is 5. The molecule has 238 valence electrons. The van der Waals surface area contributed by atoms with Gasteiger partial charge in [-0.1, -0.05) is 24.0 Å². The van der Waals surface area contributed by atoms with Gasteiger partial charge in [-0.15, -0.1) is 0 Å². The molecule has 0 unspecified atom stereocenters. The second-order valence-corrected chi connectivity index (χ2v) is 12.9. The van der Waals surface area contributed by atoms with Crippen molar-refractivity contribution in [3.63, 3.8) is 0 Å². The smallest absolute Gasteiger partial charge is 0.333 e. The minimum Gasteiger partial charge on any atom is -0.501 e. The number of hydrogen-bond donors (Lipinski definition) is 0. The van der Waals surface area contributed by atoms with Crippen molar-refractivity contribution in [2.45, 2.75) is 84.1 Å². The predicted molar refractivity (Wildman–Crippen MR) is 171 cm³/mol. The lowest BCUT2D eigenvalue weighted by Gasteiger charge is -2.35. The highest BCUT2D eigenvalue weighted by atomic mass is 32.1. The van der Waals surface area contributed by atoms with Crippen LogP contribution in [0, 0.1) is 6.92 Å². The highest BCUT2D eigenvalue weighted by Crippen LogP contribution is 2.33. The maximum atomic E-state index is 14.6. The van der Waals surface area contributed by atoms with E-state index in [9.17, 15) is 14.4 Å². The van der Waals surface area contributed by atoms with Crippen molar-refractivity contribution in [3.8, 4) is 5.00 Å². The lowest BCUT2D eigenvalue weighted by Crippen LogP contribution is -2.57. The van der Waals surface area contributed by atoms with Gasteiger partial charge in [0.2, 0.25) is 5.91 Å². The quantitative estimate of drug-likeness (QED) is 0.246. The Balaban J connectivity index is 1.73. The monoisotopic (exact) mass is 625 g/mol. The molecule has 0 aromatic carbocycles. The number of carbonyl (C=O) groups is 1. The molecule has 0 spiro atoms. The first-order valence-electron chi connectivity index (χ1n) is 15.3. The van der Waals surface area contributed by atoms with Crippen molar-refractivity contribution >= 4 is 27.5 Å². The van der Waals surface area contributed by atoms with E-state index in [1.165, 1.54) is 11.3 Å². The van der Waals surface area contributed by atoms with Crippen LogP contribution in [0.25, 0.3) is 15.2 Å². The standard InChI is InChI=1S/C32H43N5O6S/c1-7-24(22(3)41-6)25(43-23-12-18-42-19-13-23)20-35-29-26(21(2)28(44-29)36-17-11-14-33-36)27(38)37(31(35)40)32(4,5)30(39)34-15-9-8-10-16-34/h7,11,14,17,23,25H,1,8-10,12-13,15-16,18-20H2,2-6H3/b24-22-/t25-/m0/s1. The first kappa shape index (κ1) is 31.9. The minimum absolute atomic E-state index is 0.0848. The summed E-state index contributed by atoms with van der Waals surface area (Å²) in [5, 5.41) is 5.51. The number of aryl methyl sites for hydroxylation is 1. The summed E-state index contributed by atoms with van der Waals surface area (Å²) in [6.45, 7) is 13.5. The number of thiophene rings is 1. The molecule has 3 aromatic rings. The summed E-state index contributed by atoms with van der Waals surface area (Å²) in [6.07, 6.45) is 8.76. The summed E-state index contributed by atoms with van der Waals surface area (Å²) >= 11 is 1.32. The molecule has 0 aliphatic carbocycles. The number of rotatable bonds is 10. The van der Waals surface area contributed by atoms with Crippen LogP contribution in [0.5, 0.6) is 0 Å². The number of allylic oxidation sites excluding steroid dienone is 1. The number of aromatic nitrogens is 4. The number of amides is 1. The van der Waals surface area contributed by atoms with Crippen LogP contribution in [0.4, 0.5) is 0 Å². The van der Waals surface area contributed by atoms with Crippen molar-refractivity contribution < 1.29 is 19.0 Å². The van der Waals surface area contributed by atoms with E-state index in [4.69, 9.17) is 14.2 Å². The Hall–Kier alpha value is -3.48. The Morgan fingerprint density at radius 3 is 2.55 bits per heavy atom. The summed E-state index contributed by atoms with van der Waals surface area (Å²) in [4.78, 5) is 45.2. The van der Waals surface area contributed by atoms with Crippen LogP contribution in [-0.4, -0.2) is 75.3 Å². The Morgan fingerprint density at radius 1 is 1.23 bits per heavy atom. The predicted octanol–water partition coefficient (Wildman–Crippen LogP) is 4.14. The van der Waals surface area contributed by atoms with Gasteiger partial charge in [-0.3, -0.25) is 14.2 Å². The molecule has 0 bridgehead atoms. The zero-order valence-electron chi connectivity index (χ0n) is 26.3. The molecule has 5 rings (SSSR count). The molecule has 3 aromatic heterocycles. The Labute approximate surface area is 261 Å². The van der Waals surface area contributed by atoms with E-state index in [0.29, 0.717) is 53.4 Å². The Bertz CT molecular complexity index is 1650. The van der Waals surface area contributed by atoms with E-state index < -0.39 is 22.9 Å². The molecule has 5 heterocycles. The summed E-state index contributed by atoms with van der Waals surface area (Å²) in [5.74, 6) is 0.384. The van der Waals surface area contributed by atoms with Crippen molar-refractivity contribution in [3.05, 3.63) is 68.8 Å². The summed E-state index contributed by atoms with van der Waals surface area (Å²) in [6, 6.07) is 1.81.